The van der Waals surface area contributed by atoms with Crippen LogP contribution in [0.2, 0.25) is 0 Å². The third-order valence-corrected chi connectivity index (χ3v) is 3.38. The van der Waals surface area contributed by atoms with Crippen LogP contribution in [0.5, 0.6) is 0 Å². The average molecular weight is 216 g/mol. The van der Waals surface area contributed by atoms with Crippen LogP contribution >= 0.6 is 11.3 Å². The number of fused-ring (bicyclic) bond motifs is 1. The van der Waals surface area contributed by atoms with Gasteiger partial charge in [0.05, 0.1) is 15.9 Å². The third kappa shape index (κ3) is 1.24. The van der Waals surface area contributed by atoms with Crippen LogP contribution in [0.3, 0.4) is 0 Å². The molecule has 0 atom stereocenters. The Morgan fingerprint density at radius 1 is 1.33 bits per heavy atom. The number of aryl methyl sites for hydroxylation is 1. The number of hydrogen-bond donors (Lipinski definition) is 1. The van der Waals surface area contributed by atoms with Gasteiger partial charge in [0.2, 0.25) is 0 Å². The summed E-state index contributed by atoms with van der Waals surface area (Å²) in [6.07, 6.45) is 3.32. The maximum Gasteiger partial charge on any atom is 0.116 e. The summed E-state index contributed by atoms with van der Waals surface area (Å²) in [5, 5.41) is 8.95. The lowest BCUT2D eigenvalue weighted by atomic mass is 10.2. The van der Waals surface area contributed by atoms with E-state index in [2.05, 4.69) is 32.5 Å². The zero-order valence-corrected chi connectivity index (χ0v) is 8.88. The fourth-order valence-corrected chi connectivity index (χ4v) is 2.55. The van der Waals surface area contributed by atoms with E-state index in [1.807, 2.05) is 6.07 Å². The molecule has 0 unspecified atom stereocenters. The summed E-state index contributed by atoms with van der Waals surface area (Å²) in [6.45, 7) is 2.06. The lowest BCUT2D eigenvalue weighted by Gasteiger charge is -1.97. The second-order valence-electron chi connectivity index (χ2n) is 3.29. The van der Waals surface area contributed by atoms with Gasteiger partial charge < -0.3 is 0 Å². The molecule has 0 aliphatic carbocycles. The Morgan fingerprint density at radius 3 is 3.07 bits per heavy atom. The minimum atomic E-state index is 0.926. The number of nitrogens with one attached hydrogen (secondary N) is 1. The Hall–Kier alpha value is -1.75. The van der Waals surface area contributed by atoms with E-state index in [4.69, 9.17) is 0 Å². The number of thiophene rings is 1. The van der Waals surface area contributed by atoms with Crippen molar-refractivity contribution in [2.75, 3.05) is 0 Å². The van der Waals surface area contributed by atoms with E-state index in [-0.39, 0.29) is 0 Å². The summed E-state index contributed by atoms with van der Waals surface area (Å²) in [5.74, 6) is 0. The van der Waals surface area contributed by atoms with E-state index >= 15 is 0 Å². The molecule has 0 radical (unpaired) electrons. The molecular formula is C10H8N4S. The molecule has 4 nitrogen and oxygen atoms in total. The molecule has 3 aromatic heterocycles. The van der Waals surface area contributed by atoms with E-state index < -0.39 is 0 Å². The van der Waals surface area contributed by atoms with Crippen LogP contribution in [0.15, 0.2) is 24.0 Å². The van der Waals surface area contributed by atoms with Crippen LogP contribution in [-0.4, -0.2) is 20.2 Å². The summed E-state index contributed by atoms with van der Waals surface area (Å²) in [5.41, 5.74) is 4.08. The molecule has 74 valence electrons. The van der Waals surface area contributed by atoms with Crippen LogP contribution in [0.25, 0.3) is 21.6 Å². The molecule has 1 N–H and O–H groups in total. The van der Waals surface area contributed by atoms with Crippen molar-refractivity contribution in [3.63, 3.8) is 0 Å². The zero-order valence-electron chi connectivity index (χ0n) is 8.06. The molecule has 0 saturated heterocycles. The maximum absolute atomic E-state index is 4.29. The smallest absolute Gasteiger partial charge is 0.116 e. The van der Waals surface area contributed by atoms with E-state index in [1.54, 1.807) is 23.9 Å². The van der Waals surface area contributed by atoms with Gasteiger partial charge in [-0.05, 0) is 23.9 Å². The van der Waals surface area contributed by atoms with E-state index in [0.29, 0.717) is 0 Å². The van der Waals surface area contributed by atoms with Crippen molar-refractivity contribution >= 4 is 21.6 Å². The van der Waals surface area contributed by atoms with Gasteiger partial charge in [-0.25, -0.2) is 9.97 Å². The number of rotatable bonds is 1. The highest BCUT2D eigenvalue weighted by Crippen LogP contribution is 2.30. The van der Waals surface area contributed by atoms with Gasteiger partial charge in [-0.2, -0.15) is 5.10 Å². The molecule has 0 aromatic carbocycles. The normalized spacial score (nSPS) is 11.0. The summed E-state index contributed by atoms with van der Waals surface area (Å²) in [4.78, 5) is 8.57. The number of aromatic nitrogens is 4. The first-order valence-electron chi connectivity index (χ1n) is 4.55. The summed E-state index contributed by atoms with van der Waals surface area (Å²) < 4.78 is 1.11. The molecule has 3 rings (SSSR count). The Kier molecular flexibility index (Phi) is 1.78. The van der Waals surface area contributed by atoms with Crippen LogP contribution in [-0.2, 0) is 0 Å². The molecule has 0 saturated carbocycles. The molecule has 0 aliphatic rings. The van der Waals surface area contributed by atoms with Gasteiger partial charge in [0.1, 0.15) is 12.0 Å². The van der Waals surface area contributed by atoms with Gasteiger partial charge in [0.25, 0.3) is 0 Å². The lowest BCUT2D eigenvalue weighted by molar-refractivity contribution is 1.08. The Bertz CT molecular complexity index is 597. The third-order valence-electron chi connectivity index (χ3n) is 2.29. The van der Waals surface area contributed by atoms with Gasteiger partial charge >= 0.3 is 0 Å². The Labute approximate surface area is 90.0 Å². The van der Waals surface area contributed by atoms with Crippen LogP contribution < -0.4 is 0 Å². The SMILES string of the molecule is Cc1csc2c(-c3ccn[nH]3)ncnc12. The van der Waals surface area contributed by atoms with Crippen molar-refractivity contribution in [3.8, 4) is 11.4 Å². The van der Waals surface area contributed by atoms with Gasteiger partial charge in [0, 0.05) is 6.20 Å². The van der Waals surface area contributed by atoms with Crippen molar-refractivity contribution in [2.24, 2.45) is 0 Å². The van der Waals surface area contributed by atoms with Gasteiger partial charge in [-0.15, -0.1) is 11.3 Å². The van der Waals surface area contributed by atoms with Crippen molar-refractivity contribution < 1.29 is 0 Å². The summed E-state index contributed by atoms with van der Waals surface area (Å²) in [7, 11) is 0. The minimum Gasteiger partial charge on any atom is -0.276 e. The van der Waals surface area contributed by atoms with E-state index in [1.165, 1.54) is 5.56 Å². The highest BCUT2D eigenvalue weighted by molar-refractivity contribution is 7.17. The first-order chi connectivity index (χ1) is 7.36. The minimum absolute atomic E-state index is 0.926. The number of nitrogens with zero attached hydrogens (tertiary/aromatic N) is 3. The standard InChI is InChI=1S/C10H8N4S/c1-6-4-15-10-8(6)11-5-12-9(10)7-2-3-13-14-7/h2-5H,1H3,(H,13,14). The quantitative estimate of drug-likeness (QED) is 0.679. The van der Waals surface area contributed by atoms with E-state index in [0.717, 1.165) is 21.6 Å². The molecule has 0 amide bonds. The highest BCUT2D eigenvalue weighted by atomic mass is 32.1. The predicted octanol–water partition coefficient (Wildman–Crippen LogP) is 2.39. The van der Waals surface area contributed by atoms with Gasteiger partial charge in [-0.3, -0.25) is 5.10 Å². The van der Waals surface area contributed by atoms with Gasteiger partial charge in [0.15, 0.2) is 0 Å². The number of H-pyrrole nitrogens is 1. The van der Waals surface area contributed by atoms with E-state index in [9.17, 15) is 0 Å². The topological polar surface area (TPSA) is 54.5 Å². The molecule has 3 heterocycles. The number of aromatic amines is 1. The van der Waals surface area contributed by atoms with Crippen LogP contribution in [0, 0.1) is 6.92 Å². The second-order valence-corrected chi connectivity index (χ2v) is 4.17. The van der Waals surface area contributed by atoms with Crippen molar-refractivity contribution in [2.45, 2.75) is 6.92 Å². The zero-order chi connectivity index (χ0) is 10.3. The molecule has 0 bridgehead atoms. The van der Waals surface area contributed by atoms with Crippen molar-refractivity contribution in [1.82, 2.24) is 20.2 Å². The molecule has 3 aromatic rings. The fourth-order valence-electron chi connectivity index (χ4n) is 1.55. The molecular weight excluding hydrogens is 208 g/mol. The fraction of sp³-hybridized carbons (Fsp3) is 0.100. The van der Waals surface area contributed by atoms with Crippen molar-refractivity contribution in [1.29, 1.82) is 0 Å². The van der Waals surface area contributed by atoms with Gasteiger partial charge in [-0.1, -0.05) is 0 Å². The lowest BCUT2D eigenvalue weighted by Crippen LogP contribution is -1.86. The molecule has 0 aliphatic heterocycles. The first-order valence-corrected chi connectivity index (χ1v) is 5.43. The monoisotopic (exact) mass is 216 g/mol. The highest BCUT2D eigenvalue weighted by Gasteiger charge is 2.10. The number of hydrogen-bond acceptors (Lipinski definition) is 4. The summed E-state index contributed by atoms with van der Waals surface area (Å²) in [6, 6.07) is 1.91. The Balaban J connectivity index is 2.36. The molecule has 15 heavy (non-hydrogen) atoms. The average Bonchev–Trinajstić information content (AvgIpc) is 2.88. The predicted molar refractivity (Wildman–Crippen MR) is 59.7 cm³/mol. The Morgan fingerprint density at radius 2 is 2.27 bits per heavy atom. The van der Waals surface area contributed by atoms with Crippen LogP contribution in [0.1, 0.15) is 5.56 Å². The second kappa shape index (κ2) is 3.13. The molecule has 5 heteroatoms. The first kappa shape index (κ1) is 8.55. The maximum atomic E-state index is 4.29. The largest absolute Gasteiger partial charge is 0.276 e. The van der Waals surface area contributed by atoms with Crippen LogP contribution in [0.4, 0.5) is 0 Å². The molecule has 0 fully saturated rings. The van der Waals surface area contributed by atoms with Crippen molar-refractivity contribution in [3.05, 3.63) is 29.5 Å². The summed E-state index contributed by atoms with van der Waals surface area (Å²) >= 11 is 1.67. The molecule has 0 spiro atoms.